The van der Waals surface area contributed by atoms with Crippen molar-refractivity contribution in [3.05, 3.63) is 71.8 Å². The highest BCUT2D eigenvalue weighted by atomic mass is 32.2. The fourth-order valence-electron chi connectivity index (χ4n) is 2.22. The Bertz CT molecular complexity index is 663. The van der Waals surface area contributed by atoms with E-state index >= 15 is 0 Å². The van der Waals surface area contributed by atoms with E-state index in [1.807, 2.05) is 48.5 Å². The summed E-state index contributed by atoms with van der Waals surface area (Å²) in [4.78, 5) is 2.38. The topological polar surface area (TPSA) is 46.6 Å². The van der Waals surface area contributed by atoms with Crippen molar-refractivity contribution in [1.82, 2.24) is 4.90 Å². The third-order valence-corrected chi connectivity index (χ3v) is 4.94. The second-order valence-electron chi connectivity index (χ2n) is 5.55. The summed E-state index contributed by atoms with van der Waals surface area (Å²) in [5.41, 5.74) is 1.57. The summed E-state index contributed by atoms with van der Waals surface area (Å²) in [5.74, 6) is -0.0966. The van der Waals surface area contributed by atoms with Gasteiger partial charge in [0.1, 0.15) is 5.75 Å². The first kappa shape index (κ1) is 21.4. The molecule has 0 atom stereocenters. The Morgan fingerprint density at radius 1 is 0.760 bits per heavy atom. The molecule has 25 heavy (non-hydrogen) atoms. The van der Waals surface area contributed by atoms with Crippen molar-refractivity contribution in [3.63, 3.8) is 0 Å². The quantitative estimate of drug-likeness (QED) is 0.663. The second-order valence-corrected chi connectivity index (χ2v) is 7.19. The van der Waals surface area contributed by atoms with Crippen LogP contribution in [0, 0.1) is 0 Å². The van der Waals surface area contributed by atoms with Gasteiger partial charge in [-0.25, -0.2) is 0 Å². The zero-order valence-corrected chi connectivity index (χ0v) is 16.2. The Morgan fingerprint density at radius 3 is 1.60 bits per heavy atom. The first-order valence-electron chi connectivity index (χ1n) is 8.68. The third kappa shape index (κ3) is 9.39. The SMILES string of the molecule is CCN(CC)CC.O=S(=O)(Cc1ccccc1)OCc1ccccc1. The largest absolute Gasteiger partial charge is 0.304 e. The van der Waals surface area contributed by atoms with Gasteiger partial charge in [-0.2, -0.15) is 8.42 Å². The van der Waals surface area contributed by atoms with Crippen molar-refractivity contribution >= 4 is 10.1 Å². The third-order valence-electron chi connectivity index (χ3n) is 3.78. The monoisotopic (exact) mass is 363 g/mol. The second kappa shape index (κ2) is 11.8. The normalized spacial score (nSPS) is 11.0. The van der Waals surface area contributed by atoms with Crippen molar-refractivity contribution in [3.8, 4) is 0 Å². The van der Waals surface area contributed by atoms with Gasteiger partial charge in [-0.15, -0.1) is 0 Å². The molecule has 0 bridgehead atoms. The zero-order valence-electron chi connectivity index (χ0n) is 15.4. The van der Waals surface area contributed by atoms with E-state index < -0.39 is 10.1 Å². The minimum Gasteiger partial charge on any atom is -0.304 e. The van der Waals surface area contributed by atoms with Crippen LogP contribution < -0.4 is 0 Å². The standard InChI is InChI=1S/C14H14O3S.C6H15N/c15-18(16,12-14-9-5-2-6-10-14)17-11-13-7-3-1-4-8-13;1-4-7(5-2)6-3/h1-10H,11-12H2;4-6H2,1-3H3. The molecule has 0 fully saturated rings. The highest BCUT2D eigenvalue weighted by molar-refractivity contribution is 7.85. The van der Waals surface area contributed by atoms with Gasteiger partial charge in [-0.3, -0.25) is 4.18 Å². The van der Waals surface area contributed by atoms with Crippen LogP contribution >= 0.6 is 0 Å². The molecule has 2 aromatic rings. The van der Waals surface area contributed by atoms with Gasteiger partial charge in [-0.05, 0) is 30.8 Å². The van der Waals surface area contributed by atoms with Crippen LogP contribution in [0.2, 0.25) is 0 Å². The van der Waals surface area contributed by atoms with Crippen LogP contribution in [-0.4, -0.2) is 33.0 Å². The molecule has 0 heterocycles. The van der Waals surface area contributed by atoms with Crippen LogP contribution in [0.4, 0.5) is 0 Å². The lowest BCUT2D eigenvalue weighted by molar-refractivity contribution is 0.307. The fraction of sp³-hybridized carbons (Fsp3) is 0.400. The number of nitrogens with zero attached hydrogens (tertiary/aromatic N) is 1. The van der Waals surface area contributed by atoms with Gasteiger partial charge in [0.05, 0.1) is 6.61 Å². The molecular formula is C20H29NO3S. The summed E-state index contributed by atoms with van der Waals surface area (Å²) in [5, 5.41) is 0. The molecule has 138 valence electrons. The van der Waals surface area contributed by atoms with Crippen LogP contribution in [0.5, 0.6) is 0 Å². The zero-order chi connectivity index (χ0) is 18.5. The van der Waals surface area contributed by atoms with E-state index in [1.54, 1.807) is 12.1 Å². The molecule has 0 aliphatic carbocycles. The average molecular weight is 364 g/mol. The first-order chi connectivity index (χ1) is 12.0. The van der Waals surface area contributed by atoms with Gasteiger partial charge < -0.3 is 4.90 Å². The van der Waals surface area contributed by atoms with E-state index in [2.05, 4.69) is 25.7 Å². The maximum absolute atomic E-state index is 11.8. The first-order valence-corrected chi connectivity index (χ1v) is 10.3. The maximum atomic E-state index is 11.8. The Balaban J connectivity index is 0.000000381. The molecule has 2 rings (SSSR count). The highest BCUT2D eigenvalue weighted by Crippen LogP contribution is 2.10. The minimum absolute atomic E-state index is 0.0794. The molecule has 0 amide bonds. The van der Waals surface area contributed by atoms with Gasteiger partial charge >= 0.3 is 0 Å². The molecule has 0 aliphatic rings. The summed E-state index contributed by atoms with van der Waals surface area (Å²) in [6, 6.07) is 18.2. The summed E-state index contributed by atoms with van der Waals surface area (Å²) in [6.07, 6.45) is 0. The van der Waals surface area contributed by atoms with Crippen LogP contribution in [0.3, 0.4) is 0 Å². The van der Waals surface area contributed by atoms with Crippen molar-refractivity contribution in [2.24, 2.45) is 0 Å². The molecule has 0 aromatic heterocycles. The van der Waals surface area contributed by atoms with Gasteiger partial charge in [0.2, 0.25) is 0 Å². The molecule has 0 unspecified atom stereocenters. The van der Waals surface area contributed by atoms with Crippen molar-refractivity contribution in [2.75, 3.05) is 19.6 Å². The van der Waals surface area contributed by atoms with Gasteiger partial charge in [0.15, 0.2) is 0 Å². The van der Waals surface area contributed by atoms with E-state index in [1.165, 1.54) is 19.6 Å². The Morgan fingerprint density at radius 2 is 1.20 bits per heavy atom. The van der Waals surface area contributed by atoms with Crippen LogP contribution in [0.1, 0.15) is 31.9 Å². The van der Waals surface area contributed by atoms with Crippen LogP contribution in [0.25, 0.3) is 0 Å². The van der Waals surface area contributed by atoms with Crippen molar-refractivity contribution in [1.29, 1.82) is 0 Å². The van der Waals surface area contributed by atoms with E-state index in [-0.39, 0.29) is 12.4 Å². The Labute approximate surface area is 152 Å². The van der Waals surface area contributed by atoms with Crippen LogP contribution in [-0.2, 0) is 26.7 Å². The number of benzene rings is 2. The van der Waals surface area contributed by atoms with Gasteiger partial charge in [0.25, 0.3) is 10.1 Å². The number of hydrogen-bond donors (Lipinski definition) is 0. The maximum Gasteiger partial charge on any atom is 0.271 e. The molecule has 0 radical (unpaired) electrons. The summed E-state index contributed by atoms with van der Waals surface area (Å²) < 4.78 is 28.5. The summed E-state index contributed by atoms with van der Waals surface area (Å²) >= 11 is 0. The minimum atomic E-state index is -3.53. The molecule has 0 aliphatic heterocycles. The van der Waals surface area contributed by atoms with Gasteiger partial charge in [0, 0.05) is 0 Å². The molecule has 0 spiro atoms. The molecule has 2 aromatic carbocycles. The molecule has 5 heteroatoms. The lowest BCUT2D eigenvalue weighted by Crippen LogP contribution is -2.21. The summed E-state index contributed by atoms with van der Waals surface area (Å²) in [6.45, 7) is 10.2. The average Bonchev–Trinajstić information content (AvgIpc) is 2.64. The molecule has 0 N–H and O–H groups in total. The van der Waals surface area contributed by atoms with E-state index in [0.29, 0.717) is 0 Å². The highest BCUT2D eigenvalue weighted by Gasteiger charge is 2.12. The lowest BCUT2D eigenvalue weighted by Gasteiger charge is -2.13. The lowest BCUT2D eigenvalue weighted by atomic mass is 10.2. The molecule has 4 nitrogen and oxygen atoms in total. The van der Waals surface area contributed by atoms with E-state index in [0.717, 1.165) is 11.1 Å². The summed E-state index contributed by atoms with van der Waals surface area (Å²) in [7, 11) is -3.53. The molecule has 0 saturated carbocycles. The van der Waals surface area contributed by atoms with Crippen molar-refractivity contribution in [2.45, 2.75) is 33.1 Å². The smallest absolute Gasteiger partial charge is 0.271 e. The van der Waals surface area contributed by atoms with Crippen LogP contribution in [0.15, 0.2) is 60.7 Å². The number of hydrogen-bond acceptors (Lipinski definition) is 4. The molecule has 0 saturated heterocycles. The predicted molar refractivity (Wildman–Crippen MR) is 104 cm³/mol. The number of rotatable bonds is 8. The Kier molecular flexibility index (Phi) is 10.1. The van der Waals surface area contributed by atoms with E-state index in [9.17, 15) is 8.42 Å². The van der Waals surface area contributed by atoms with Gasteiger partial charge in [-0.1, -0.05) is 81.4 Å². The Hall–Kier alpha value is -1.69. The van der Waals surface area contributed by atoms with E-state index in [4.69, 9.17) is 4.18 Å². The predicted octanol–water partition coefficient (Wildman–Crippen LogP) is 4.08. The van der Waals surface area contributed by atoms with Crippen molar-refractivity contribution < 1.29 is 12.6 Å². The fourth-order valence-corrected chi connectivity index (χ4v) is 3.22. The molecular weight excluding hydrogens is 334 g/mol.